The van der Waals surface area contributed by atoms with Crippen LogP contribution >= 0.6 is 0 Å². The largest absolute Gasteiger partial charge is 1.00 e. The quantitative estimate of drug-likeness (QED) is 0.227. The summed E-state index contributed by atoms with van der Waals surface area (Å²) in [6, 6.07) is 5.82. The normalized spacial score (nSPS) is 12.4. The predicted molar refractivity (Wildman–Crippen MR) is 116 cm³/mol. The molecule has 29 heavy (non-hydrogen) atoms. The van der Waals surface area contributed by atoms with Crippen LogP contribution in [0.3, 0.4) is 0 Å². The maximum Gasteiger partial charge on any atom is 1.00 e. The molecule has 0 bridgehead atoms. The summed E-state index contributed by atoms with van der Waals surface area (Å²) in [5.74, 6) is 0.490. The van der Waals surface area contributed by atoms with Crippen LogP contribution in [0.1, 0.15) is 103 Å². The van der Waals surface area contributed by atoms with Crippen molar-refractivity contribution in [1.82, 2.24) is 0 Å². The monoisotopic (exact) mass is 434 g/mol. The van der Waals surface area contributed by atoms with E-state index in [4.69, 9.17) is 4.74 Å². The minimum Gasteiger partial charge on any atom is -0.745 e. The molecule has 1 aromatic carbocycles. The predicted octanol–water partition coefficient (Wildman–Crippen LogP) is 3.38. The number of rotatable bonds is 16. The van der Waals surface area contributed by atoms with Gasteiger partial charge in [-0.1, -0.05) is 78.2 Å². The summed E-state index contributed by atoms with van der Waals surface area (Å²) in [4.78, 5) is 0. The number of ether oxygens (including phenoxy) is 1. The Morgan fingerprint density at radius 3 is 1.83 bits per heavy atom. The summed E-state index contributed by atoms with van der Waals surface area (Å²) < 4.78 is 39.5. The average Bonchev–Trinajstić information content (AvgIpc) is 2.66. The van der Waals surface area contributed by atoms with Gasteiger partial charge in [-0.15, -0.1) is 0 Å². The second-order valence-electron chi connectivity index (χ2n) is 7.71. The van der Waals surface area contributed by atoms with Crippen molar-refractivity contribution in [3.8, 4) is 5.75 Å². The van der Waals surface area contributed by atoms with Gasteiger partial charge >= 0.3 is 29.6 Å². The van der Waals surface area contributed by atoms with Crippen molar-refractivity contribution >= 4 is 10.1 Å². The summed E-state index contributed by atoms with van der Waals surface area (Å²) >= 11 is 0. The Kier molecular flexibility index (Phi) is 16.6. The fourth-order valence-electron chi connectivity index (χ4n) is 3.49. The van der Waals surface area contributed by atoms with E-state index in [9.17, 15) is 13.0 Å². The van der Waals surface area contributed by atoms with E-state index in [1.807, 2.05) is 12.1 Å². The van der Waals surface area contributed by atoms with E-state index in [-0.39, 0.29) is 36.0 Å². The Morgan fingerprint density at radius 2 is 1.34 bits per heavy atom. The molecule has 0 aliphatic heterocycles. The molecule has 0 aromatic heterocycles. The molecule has 0 saturated heterocycles. The van der Waals surface area contributed by atoms with Crippen LogP contribution in [0.2, 0.25) is 0 Å². The molecule has 0 spiro atoms. The molecule has 1 rings (SSSR count). The zero-order valence-corrected chi connectivity index (χ0v) is 21.9. The third-order valence-electron chi connectivity index (χ3n) is 5.20. The Morgan fingerprint density at radius 1 is 0.828 bits per heavy atom. The molecule has 1 aromatic rings. The number of aryl methyl sites for hydroxylation is 2. The SMILES string of the molecule is CCCCCCCc1ccc(OC(CC)S(=O)(=O)[O-])cc1CCCCCCC.[Na+]. The van der Waals surface area contributed by atoms with Crippen LogP contribution in [-0.4, -0.2) is 18.4 Å². The molecule has 0 heterocycles. The molecule has 0 aliphatic carbocycles. The van der Waals surface area contributed by atoms with Gasteiger partial charge in [0.15, 0.2) is 5.44 Å². The molecule has 0 N–H and O–H groups in total. The summed E-state index contributed by atoms with van der Waals surface area (Å²) in [5, 5.41) is 0. The molecule has 0 aliphatic rings. The molecule has 0 saturated carbocycles. The fraction of sp³-hybridized carbons (Fsp3) is 0.739. The van der Waals surface area contributed by atoms with Gasteiger partial charge in [0.1, 0.15) is 15.9 Å². The van der Waals surface area contributed by atoms with E-state index in [1.165, 1.54) is 68.9 Å². The van der Waals surface area contributed by atoms with Gasteiger partial charge in [-0.2, -0.15) is 0 Å². The van der Waals surface area contributed by atoms with Gasteiger partial charge in [0.25, 0.3) is 0 Å². The Labute approximate surface area is 201 Å². The average molecular weight is 435 g/mol. The van der Waals surface area contributed by atoms with Gasteiger partial charge in [-0.25, -0.2) is 8.42 Å². The van der Waals surface area contributed by atoms with Crippen LogP contribution in [-0.2, 0) is 23.0 Å². The summed E-state index contributed by atoms with van der Waals surface area (Å²) in [5.41, 5.74) is 1.25. The topological polar surface area (TPSA) is 66.4 Å². The van der Waals surface area contributed by atoms with Crippen molar-refractivity contribution < 1.29 is 47.3 Å². The van der Waals surface area contributed by atoms with Crippen LogP contribution < -0.4 is 34.3 Å². The molecular formula is C23H39NaO4S. The molecule has 0 radical (unpaired) electrons. The van der Waals surface area contributed by atoms with Crippen molar-refractivity contribution in [2.45, 2.75) is 110 Å². The van der Waals surface area contributed by atoms with Gasteiger partial charge in [0, 0.05) is 0 Å². The zero-order valence-electron chi connectivity index (χ0n) is 19.0. The third kappa shape index (κ3) is 12.4. The molecule has 1 atom stereocenters. The number of benzene rings is 1. The van der Waals surface area contributed by atoms with Crippen LogP contribution in [0.5, 0.6) is 5.75 Å². The minimum atomic E-state index is -4.46. The van der Waals surface area contributed by atoms with Crippen molar-refractivity contribution in [1.29, 1.82) is 0 Å². The summed E-state index contributed by atoms with van der Waals surface area (Å²) in [6.45, 7) is 6.09. The number of hydrogen-bond acceptors (Lipinski definition) is 4. The Bertz CT molecular complexity index is 646. The van der Waals surface area contributed by atoms with Gasteiger partial charge in [0.2, 0.25) is 0 Å². The second-order valence-corrected chi connectivity index (χ2v) is 9.22. The Balaban J connectivity index is 0.00000784. The van der Waals surface area contributed by atoms with E-state index >= 15 is 0 Å². The molecule has 0 fully saturated rings. The van der Waals surface area contributed by atoms with Crippen molar-refractivity contribution in [2.24, 2.45) is 0 Å². The zero-order chi connectivity index (χ0) is 20.8. The van der Waals surface area contributed by atoms with E-state index in [2.05, 4.69) is 19.9 Å². The first-order valence-corrected chi connectivity index (χ1v) is 12.6. The van der Waals surface area contributed by atoms with Crippen molar-refractivity contribution in [3.05, 3.63) is 29.3 Å². The third-order valence-corrected chi connectivity index (χ3v) is 6.27. The van der Waals surface area contributed by atoms with Gasteiger partial charge in [-0.3, -0.25) is 0 Å². The second kappa shape index (κ2) is 16.6. The molecule has 6 heteroatoms. The molecule has 4 nitrogen and oxygen atoms in total. The van der Waals surface area contributed by atoms with E-state index in [0.717, 1.165) is 19.3 Å². The van der Waals surface area contributed by atoms with E-state index in [1.54, 1.807) is 6.92 Å². The van der Waals surface area contributed by atoms with Crippen molar-refractivity contribution in [3.63, 3.8) is 0 Å². The first kappa shape index (κ1) is 28.9. The first-order chi connectivity index (χ1) is 13.4. The maximum atomic E-state index is 11.3. The van der Waals surface area contributed by atoms with Crippen molar-refractivity contribution in [2.75, 3.05) is 0 Å². The molecule has 162 valence electrons. The van der Waals surface area contributed by atoms with Crippen LogP contribution in [0.15, 0.2) is 18.2 Å². The Hall–Kier alpha value is -0.0700. The number of unbranched alkanes of at least 4 members (excludes halogenated alkanes) is 8. The molecule has 1 unspecified atom stereocenters. The summed E-state index contributed by atoms with van der Waals surface area (Å²) in [6.07, 6.45) is 14.5. The summed E-state index contributed by atoms with van der Waals surface area (Å²) in [7, 11) is -4.46. The molecular weight excluding hydrogens is 395 g/mol. The first-order valence-electron chi connectivity index (χ1n) is 11.2. The van der Waals surface area contributed by atoms with Gasteiger partial charge < -0.3 is 9.29 Å². The fourth-order valence-corrected chi connectivity index (χ4v) is 4.13. The van der Waals surface area contributed by atoms with E-state index in [0.29, 0.717) is 5.75 Å². The van der Waals surface area contributed by atoms with Gasteiger partial charge in [-0.05, 0) is 55.4 Å². The smallest absolute Gasteiger partial charge is 0.745 e. The maximum absolute atomic E-state index is 11.3. The van der Waals surface area contributed by atoms with Crippen LogP contribution in [0, 0.1) is 0 Å². The van der Waals surface area contributed by atoms with E-state index < -0.39 is 15.6 Å². The number of hydrogen-bond donors (Lipinski definition) is 0. The molecule has 0 amide bonds. The van der Waals surface area contributed by atoms with Crippen LogP contribution in [0.4, 0.5) is 0 Å². The van der Waals surface area contributed by atoms with Gasteiger partial charge in [0.05, 0.1) is 0 Å². The minimum absolute atomic E-state index is 0. The standard InChI is InChI=1S/C23H40O4S.Na/c1-4-7-9-11-13-15-20-17-18-22(27-23(6-3)28(24,25)26)19-21(20)16-14-12-10-8-5-2;/h17-19,23H,4-16H2,1-3H3,(H,24,25,26);/q;+1/p-1. The van der Waals surface area contributed by atoms with Crippen LogP contribution in [0.25, 0.3) is 0 Å².